The van der Waals surface area contributed by atoms with Crippen LogP contribution in [0, 0.1) is 0 Å². The van der Waals surface area contributed by atoms with Gasteiger partial charge in [0.15, 0.2) is 0 Å². The lowest BCUT2D eigenvalue weighted by Gasteiger charge is -2.37. The van der Waals surface area contributed by atoms with Crippen molar-refractivity contribution in [2.24, 2.45) is 0 Å². The molecule has 1 saturated carbocycles. The van der Waals surface area contributed by atoms with Gasteiger partial charge in [-0.3, -0.25) is 4.90 Å². The van der Waals surface area contributed by atoms with E-state index in [-0.39, 0.29) is 0 Å². The SMILES string of the molecule is CCN(Cc1cncn1C1CC1)C1CC2CCC(C1)N2. The third-order valence-corrected chi connectivity index (χ3v) is 5.42. The number of aromatic nitrogens is 2. The van der Waals surface area contributed by atoms with E-state index in [2.05, 4.69) is 32.9 Å². The number of imidazole rings is 1. The Hall–Kier alpha value is -0.870. The maximum Gasteiger partial charge on any atom is 0.0951 e. The van der Waals surface area contributed by atoms with E-state index in [0.717, 1.165) is 37.3 Å². The monoisotopic (exact) mass is 274 g/mol. The van der Waals surface area contributed by atoms with Crippen LogP contribution in [-0.4, -0.2) is 39.1 Å². The van der Waals surface area contributed by atoms with E-state index in [9.17, 15) is 0 Å². The molecule has 2 atom stereocenters. The Morgan fingerprint density at radius 2 is 2.00 bits per heavy atom. The minimum Gasteiger partial charge on any atom is -0.330 e. The third-order valence-electron chi connectivity index (χ3n) is 5.42. The molecular formula is C16H26N4. The molecule has 0 spiro atoms. The number of hydrogen-bond donors (Lipinski definition) is 1. The van der Waals surface area contributed by atoms with Gasteiger partial charge in [0.05, 0.1) is 12.0 Å². The van der Waals surface area contributed by atoms with Crippen LogP contribution in [0.4, 0.5) is 0 Å². The van der Waals surface area contributed by atoms with Crippen molar-refractivity contribution >= 4 is 0 Å². The van der Waals surface area contributed by atoms with Gasteiger partial charge in [-0.2, -0.15) is 0 Å². The molecule has 110 valence electrons. The number of piperidine rings is 1. The highest BCUT2D eigenvalue weighted by molar-refractivity contribution is 5.05. The Morgan fingerprint density at radius 3 is 2.65 bits per heavy atom. The first-order chi connectivity index (χ1) is 9.83. The van der Waals surface area contributed by atoms with E-state index in [1.165, 1.54) is 44.2 Å². The fourth-order valence-corrected chi connectivity index (χ4v) is 4.17. The minimum absolute atomic E-state index is 0.746. The predicted octanol–water partition coefficient (Wildman–Crippen LogP) is 2.32. The molecule has 2 saturated heterocycles. The summed E-state index contributed by atoms with van der Waals surface area (Å²) in [6, 6.07) is 3.07. The Morgan fingerprint density at radius 1 is 1.25 bits per heavy atom. The van der Waals surface area contributed by atoms with Gasteiger partial charge in [0, 0.05) is 36.9 Å². The zero-order chi connectivity index (χ0) is 13.5. The lowest BCUT2D eigenvalue weighted by molar-refractivity contribution is 0.138. The first kappa shape index (κ1) is 12.8. The average Bonchev–Trinajstić information content (AvgIpc) is 3.12. The lowest BCUT2D eigenvalue weighted by atomic mass is 9.98. The van der Waals surface area contributed by atoms with E-state index in [1.807, 2.05) is 6.33 Å². The zero-order valence-electron chi connectivity index (χ0n) is 12.5. The summed E-state index contributed by atoms with van der Waals surface area (Å²) in [5.41, 5.74) is 1.42. The van der Waals surface area contributed by atoms with Crippen molar-refractivity contribution in [2.75, 3.05) is 6.54 Å². The Kier molecular flexibility index (Phi) is 3.31. The molecule has 0 radical (unpaired) electrons. The van der Waals surface area contributed by atoms with Crippen molar-refractivity contribution < 1.29 is 0 Å². The summed E-state index contributed by atoms with van der Waals surface area (Å²) in [5, 5.41) is 3.75. The molecule has 2 unspecified atom stereocenters. The van der Waals surface area contributed by atoms with Crippen molar-refractivity contribution in [3.63, 3.8) is 0 Å². The van der Waals surface area contributed by atoms with Gasteiger partial charge in [0.2, 0.25) is 0 Å². The topological polar surface area (TPSA) is 33.1 Å². The normalized spacial score (nSPS) is 33.0. The minimum atomic E-state index is 0.746. The standard InChI is InChI=1S/C16H26N4/c1-2-19(15-7-12-3-4-13(8-15)18-12)10-16-9-17-11-20(16)14-5-6-14/h9,11-15,18H,2-8,10H2,1H3. The first-order valence-corrected chi connectivity index (χ1v) is 8.34. The molecule has 4 rings (SSSR count). The summed E-state index contributed by atoms with van der Waals surface area (Å²) in [6.45, 7) is 4.54. The number of nitrogens with zero attached hydrogens (tertiary/aromatic N) is 3. The smallest absolute Gasteiger partial charge is 0.0951 e. The molecule has 1 aromatic heterocycles. The molecule has 4 nitrogen and oxygen atoms in total. The molecule has 0 amide bonds. The summed E-state index contributed by atoms with van der Waals surface area (Å²) < 4.78 is 2.42. The van der Waals surface area contributed by atoms with Gasteiger partial charge < -0.3 is 9.88 Å². The molecule has 3 heterocycles. The maximum atomic E-state index is 4.38. The molecule has 1 aliphatic carbocycles. The van der Waals surface area contributed by atoms with Gasteiger partial charge >= 0.3 is 0 Å². The van der Waals surface area contributed by atoms with Crippen molar-refractivity contribution in [1.29, 1.82) is 0 Å². The largest absolute Gasteiger partial charge is 0.330 e. The van der Waals surface area contributed by atoms with Gasteiger partial charge in [0.1, 0.15) is 0 Å². The van der Waals surface area contributed by atoms with E-state index >= 15 is 0 Å². The average molecular weight is 274 g/mol. The van der Waals surface area contributed by atoms with Gasteiger partial charge in [0.25, 0.3) is 0 Å². The fourth-order valence-electron chi connectivity index (χ4n) is 4.17. The Labute approximate surface area is 121 Å². The van der Waals surface area contributed by atoms with Crippen LogP contribution in [0.15, 0.2) is 12.5 Å². The highest BCUT2D eigenvalue weighted by Crippen LogP contribution is 2.36. The van der Waals surface area contributed by atoms with E-state index < -0.39 is 0 Å². The van der Waals surface area contributed by atoms with E-state index in [0.29, 0.717) is 0 Å². The van der Waals surface area contributed by atoms with Gasteiger partial charge in [-0.15, -0.1) is 0 Å². The van der Waals surface area contributed by atoms with Crippen molar-refractivity contribution in [3.05, 3.63) is 18.2 Å². The highest BCUT2D eigenvalue weighted by Gasteiger charge is 2.36. The molecular weight excluding hydrogens is 248 g/mol. The summed E-state index contributed by atoms with van der Waals surface area (Å²) >= 11 is 0. The molecule has 2 aliphatic heterocycles. The summed E-state index contributed by atoms with van der Waals surface area (Å²) in [7, 11) is 0. The second-order valence-electron chi connectivity index (χ2n) is 6.85. The molecule has 1 aromatic rings. The molecule has 2 bridgehead atoms. The third kappa shape index (κ3) is 2.40. The fraction of sp³-hybridized carbons (Fsp3) is 0.812. The van der Waals surface area contributed by atoms with Gasteiger partial charge in [-0.05, 0) is 45.1 Å². The first-order valence-electron chi connectivity index (χ1n) is 8.34. The second kappa shape index (κ2) is 5.15. The van der Waals surface area contributed by atoms with Crippen LogP contribution in [0.1, 0.15) is 57.2 Å². The van der Waals surface area contributed by atoms with Gasteiger partial charge in [-0.25, -0.2) is 4.98 Å². The van der Waals surface area contributed by atoms with Crippen molar-refractivity contribution in [3.8, 4) is 0 Å². The zero-order valence-corrected chi connectivity index (χ0v) is 12.5. The highest BCUT2D eigenvalue weighted by atomic mass is 15.2. The molecule has 4 heteroatoms. The number of hydrogen-bond acceptors (Lipinski definition) is 3. The number of rotatable bonds is 5. The van der Waals surface area contributed by atoms with Crippen LogP contribution < -0.4 is 5.32 Å². The van der Waals surface area contributed by atoms with Crippen molar-refractivity contribution in [1.82, 2.24) is 19.8 Å². The molecule has 1 N–H and O–H groups in total. The van der Waals surface area contributed by atoms with Crippen LogP contribution in [-0.2, 0) is 6.54 Å². The molecule has 0 aromatic carbocycles. The van der Waals surface area contributed by atoms with Gasteiger partial charge in [-0.1, -0.05) is 6.92 Å². The van der Waals surface area contributed by atoms with Crippen LogP contribution in [0.3, 0.4) is 0 Å². The number of nitrogens with one attached hydrogen (secondary N) is 1. The molecule has 3 fully saturated rings. The van der Waals surface area contributed by atoms with Crippen LogP contribution >= 0.6 is 0 Å². The number of fused-ring (bicyclic) bond motifs is 2. The van der Waals surface area contributed by atoms with Crippen molar-refractivity contribution in [2.45, 2.75) is 76.2 Å². The van der Waals surface area contributed by atoms with E-state index in [4.69, 9.17) is 0 Å². The molecule has 20 heavy (non-hydrogen) atoms. The van der Waals surface area contributed by atoms with Crippen LogP contribution in [0.25, 0.3) is 0 Å². The Balaban J connectivity index is 1.46. The van der Waals surface area contributed by atoms with Crippen LogP contribution in [0.5, 0.6) is 0 Å². The molecule has 3 aliphatic rings. The lowest BCUT2D eigenvalue weighted by Crippen LogP contribution is -2.48. The second-order valence-corrected chi connectivity index (χ2v) is 6.85. The summed E-state index contributed by atoms with van der Waals surface area (Å²) in [6.07, 6.45) is 12.2. The summed E-state index contributed by atoms with van der Waals surface area (Å²) in [4.78, 5) is 7.06. The predicted molar refractivity (Wildman–Crippen MR) is 79.5 cm³/mol. The van der Waals surface area contributed by atoms with E-state index in [1.54, 1.807) is 0 Å². The van der Waals surface area contributed by atoms with Crippen LogP contribution in [0.2, 0.25) is 0 Å². The quantitative estimate of drug-likeness (QED) is 0.894. The summed E-state index contributed by atoms with van der Waals surface area (Å²) in [5.74, 6) is 0. The maximum absolute atomic E-state index is 4.38. The Bertz CT molecular complexity index is 453.